The Labute approximate surface area is 195 Å². The number of rotatable bonds is 7. The molecule has 2 aliphatic rings. The molecule has 10 heteroatoms. The number of benzene rings is 1. The van der Waals surface area contributed by atoms with E-state index in [9.17, 15) is 4.79 Å². The second-order valence-electron chi connectivity index (χ2n) is 7.87. The van der Waals surface area contributed by atoms with Crippen LogP contribution < -0.4 is 15.8 Å². The van der Waals surface area contributed by atoms with Crippen molar-refractivity contribution in [2.45, 2.75) is 51.6 Å². The highest BCUT2D eigenvalue weighted by molar-refractivity contribution is 5.79. The first kappa shape index (κ1) is 28.3. The van der Waals surface area contributed by atoms with Gasteiger partial charge in [-0.2, -0.15) is 0 Å². The number of hydrogen-bond donors (Lipinski definition) is 4. The van der Waals surface area contributed by atoms with E-state index in [1.165, 1.54) is 19.3 Å². The highest BCUT2D eigenvalue weighted by Crippen LogP contribution is 2.19. The maximum absolute atomic E-state index is 12.4. The van der Waals surface area contributed by atoms with Crippen molar-refractivity contribution in [1.82, 2.24) is 10.2 Å². The fourth-order valence-corrected chi connectivity index (χ4v) is 3.61. The molecule has 186 valence electrons. The molecule has 5 N–H and O–H groups in total. The molecule has 1 aromatic rings. The molecule has 2 atom stereocenters. The van der Waals surface area contributed by atoms with E-state index in [-0.39, 0.29) is 11.9 Å². The molecular formula is C23H37N3O7. The summed E-state index contributed by atoms with van der Waals surface area (Å²) in [6.45, 7) is 6.72. The SMILES string of the molecule is CC(=O)O.CC(=O)O.NCCOc1ccc(CC(=O)N[C@H]2COC[C@@H]2N2CCCCC2)cc1. The fourth-order valence-electron chi connectivity index (χ4n) is 3.61. The van der Waals surface area contributed by atoms with Crippen molar-refractivity contribution in [3.05, 3.63) is 29.8 Å². The number of carboxylic acid groups (broad SMARTS) is 2. The molecule has 2 aliphatic heterocycles. The molecule has 1 amide bonds. The van der Waals surface area contributed by atoms with Gasteiger partial charge in [-0.1, -0.05) is 18.6 Å². The summed E-state index contributed by atoms with van der Waals surface area (Å²) in [6.07, 6.45) is 4.18. The largest absolute Gasteiger partial charge is 0.492 e. The number of amides is 1. The van der Waals surface area contributed by atoms with Gasteiger partial charge in [0, 0.05) is 20.4 Å². The summed E-state index contributed by atoms with van der Waals surface area (Å²) in [5.74, 6) is -0.836. The van der Waals surface area contributed by atoms with Crippen molar-refractivity contribution >= 4 is 17.8 Å². The van der Waals surface area contributed by atoms with Crippen LogP contribution in [0, 0.1) is 0 Å². The molecular weight excluding hydrogens is 430 g/mol. The second-order valence-corrected chi connectivity index (χ2v) is 7.87. The lowest BCUT2D eigenvalue weighted by atomic mass is 10.0. The van der Waals surface area contributed by atoms with Crippen LogP contribution in [-0.2, 0) is 25.5 Å². The predicted octanol–water partition coefficient (Wildman–Crippen LogP) is 1.12. The number of piperidine rings is 1. The molecule has 0 aliphatic carbocycles. The van der Waals surface area contributed by atoms with Gasteiger partial charge in [-0.3, -0.25) is 19.3 Å². The number of carbonyl (C=O) groups is 3. The molecule has 0 saturated carbocycles. The van der Waals surface area contributed by atoms with Crippen LogP contribution in [0.4, 0.5) is 0 Å². The van der Waals surface area contributed by atoms with Crippen LogP contribution in [-0.4, -0.2) is 84.5 Å². The van der Waals surface area contributed by atoms with E-state index in [4.69, 9.17) is 35.0 Å². The van der Waals surface area contributed by atoms with Crippen molar-refractivity contribution in [1.29, 1.82) is 0 Å². The third-order valence-corrected chi connectivity index (χ3v) is 4.93. The normalized spacial score (nSPS) is 19.8. The molecule has 0 unspecified atom stereocenters. The Morgan fingerprint density at radius 1 is 1.06 bits per heavy atom. The lowest BCUT2D eigenvalue weighted by Gasteiger charge is -2.34. The number of carbonyl (C=O) groups excluding carboxylic acids is 1. The summed E-state index contributed by atoms with van der Waals surface area (Å²) in [6, 6.07) is 8.03. The number of nitrogens with zero attached hydrogens (tertiary/aromatic N) is 1. The van der Waals surface area contributed by atoms with Gasteiger partial charge in [0.05, 0.1) is 31.7 Å². The Bertz CT molecular complexity index is 701. The average Bonchev–Trinajstić information content (AvgIpc) is 3.21. The maximum atomic E-state index is 12.4. The molecule has 33 heavy (non-hydrogen) atoms. The Kier molecular flexibility index (Phi) is 13.7. The van der Waals surface area contributed by atoms with Crippen LogP contribution in [0.2, 0.25) is 0 Å². The average molecular weight is 468 g/mol. The zero-order chi connectivity index (χ0) is 24.6. The Hall–Kier alpha value is -2.69. The van der Waals surface area contributed by atoms with Crippen LogP contribution in [0.25, 0.3) is 0 Å². The zero-order valence-electron chi connectivity index (χ0n) is 19.5. The summed E-state index contributed by atoms with van der Waals surface area (Å²) in [7, 11) is 0. The van der Waals surface area contributed by atoms with E-state index in [2.05, 4.69) is 10.2 Å². The summed E-state index contributed by atoms with van der Waals surface area (Å²) in [5.41, 5.74) is 6.40. The molecule has 10 nitrogen and oxygen atoms in total. The second kappa shape index (κ2) is 16.0. The van der Waals surface area contributed by atoms with Crippen molar-refractivity contribution in [3.63, 3.8) is 0 Å². The Balaban J connectivity index is 0.000000591. The quantitative estimate of drug-likeness (QED) is 0.462. The summed E-state index contributed by atoms with van der Waals surface area (Å²) < 4.78 is 11.1. The van der Waals surface area contributed by atoms with Crippen molar-refractivity contribution in [2.24, 2.45) is 5.73 Å². The smallest absolute Gasteiger partial charge is 0.300 e. The van der Waals surface area contributed by atoms with Crippen molar-refractivity contribution in [2.75, 3.05) is 39.5 Å². The van der Waals surface area contributed by atoms with Crippen LogP contribution in [0.15, 0.2) is 24.3 Å². The van der Waals surface area contributed by atoms with E-state index in [0.717, 1.165) is 44.9 Å². The number of nitrogens with one attached hydrogen (secondary N) is 1. The van der Waals surface area contributed by atoms with Crippen LogP contribution in [0.1, 0.15) is 38.7 Å². The molecule has 0 bridgehead atoms. The molecule has 2 fully saturated rings. The van der Waals surface area contributed by atoms with Crippen LogP contribution in [0.3, 0.4) is 0 Å². The Morgan fingerprint density at radius 3 is 2.18 bits per heavy atom. The number of likely N-dealkylation sites (tertiary alicyclic amines) is 1. The monoisotopic (exact) mass is 467 g/mol. The summed E-state index contributed by atoms with van der Waals surface area (Å²) in [4.78, 5) is 32.9. The molecule has 2 saturated heterocycles. The van der Waals surface area contributed by atoms with Crippen molar-refractivity contribution < 1.29 is 34.1 Å². The summed E-state index contributed by atoms with van der Waals surface area (Å²) in [5, 5.41) is 18.0. The third kappa shape index (κ3) is 12.8. The van der Waals surface area contributed by atoms with Gasteiger partial charge in [-0.05, 0) is 43.6 Å². The first-order chi connectivity index (χ1) is 15.7. The minimum absolute atomic E-state index is 0.0492. The predicted molar refractivity (Wildman–Crippen MR) is 123 cm³/mol. The zero-order valence-corrected chi connectivity index (χ0v) is 19.5. The van der Waals surface area contributed by atoms with Gasteiger partial charge in [0.1, 0.15) is 12.4 Å². The molecule has 3 rings (SSSR count). The van der Waals surface area contributed by atoms with Gasteiger partial charge in [-0.25, -0.2) is 0 Å². The Morgan fingerprint density at radius 2 is 1.64 bits per heavy atom. The highest BCUT2D eigenvalue weighted by Gasteiger charge is 2.34. The van der Waals surface area contributed by atoms with Gasteiger partial charge in [-0.15, -0.1) is 0 Å². The minimum Gasteiger partial charge on any atom is -0.492 e. The maximum Gasteiger partial charge on any atom is 0.300 e. The molecule has 2 heterocycles. The van der Waals surface area contributed by atoms with Gasteiger partial charge >= 0.3 is 0 Å². The first-order valence-electron chi connectivity index (χ1n) is 11.1. The van der Waals surface area contributed by atoms with E-state index in [0.29, 0.717) is 32.2 Å². The standard InChI is InChI=1S/C19H29N3O3.2C2H4O2/c20-8-11-25-16-6-4-15(5-7-16)12-19(23)21-17-13-24-14-18(17)22-9-2-1-3-10-22;2*1-2(3)4/h4-7,17-18H,1-3,8-14,20H2,(H,21,23);2*1H3,(H,3,4)/t17-,18-;;/m0../s1. The lowest BCUT2D eigenvalue weighted by molar-refractivity contribution is -0.135. The number of ether oxygens (including phenoxy) is 2. The van der Waals surface area contributed by atoms with E-state index < -0.39 is 11.9 Å². The van der Waals surface area contributed by atoms with Crippen LogP contribution in [0.5, 0.6) is 5.75 Å². The van der Waals surface area contributed by atoms with E-state index in [1.807, 2.05) is 24.3 Å². The minimum atomic E-state index is -0.833. The molecule has 0 radical (unpaired) electrons. The summed E-state index contributed by atoms with van der Waals surface area (Å²) >= 11 is 0. The van der Waals surface area contributed by atoms with Gasteiger partial charge in [0.25, 0.3) is 11.9 Å². The van der Waals surface area contributed by atoms with Crippen LogP contribution >= 0.6 is 0 Å². The number of aliphatic carboxylic acids is 2. The first-order valence-corrected chi connectivity index (χ1v) is 11.1. The number of nitrogens with two attached hydrogens (primary N) is 1. The highest BCUT2D eigenvalue weighted by atomic mass is 16.5. The lowest BCUT2D eigenvalue weighted by Crippen LogP contribution is -2.52. The number of hydrogen-bond acceptors (Lipinski definition) is 7. The van der Waals surface area contributed by atoms with E-state index in [1.54, 1.807) is 0 Å². The van der Waals surface area contributed by atoms with E-state index >= 15 is 0 Å². The van der Waals surface area contributed by atoms with Gasteiger partial charge in [0.2, 0.25) is 5.91 Å². The number of carboxylic acids is 2. The molecule has 0 aromatic heterocycles. The molecule has 1 aromatic carbocycles. The fraction of sp³-hybridized carbons (Fsp3) is 0.609. The van der Waals surface area contributed by atoms with Crippen molar-refractivity contribution in [3.8, 4) is 5.75 Å². The molecule has 0 spiro atoms. The third-order valence-electron chi connectivity index (χ3n) is 4.93. The van der Waals surface area contributed by atoms with Gasteiger partial charge < -0.3 is 30.7 Å². The topological polar surface area (TPSA) is 151 Å². The van der Waals surface area contributed by atoms with Gasteiger partial charge in [0.15, 0.2) is 0 Å².